The number of anilines is 2. The van der Waals surface area contributed by atoms with E-state index in [1.54, 1.807) is 12.0 Å². The minimum absolute atomic E-state index is 0.0631. The van der Waals surface area contributed by atoms with E-state index in [4.69, 9.17) is 10.5 Å². The van der Waals surface area contributed by atoms with Crippen LogP contribution in [0.1, 0.15) is 29.8 Å². The summed E-state index contributed by atoms with van der Waals surface area (Å²) in [5.74, 6) is 1.38. The van der Waals surface area contributed by atoms with Gasteiger partial charge in [-0.05, 0) is 66.3 Å². The Bertz CT molecular complexity index is 832. The summed E-state index contributed by atoms with van der Waals surface area (Å²) < 4.78 is 9.82. The van der Waals surface area contributed by atoms with Crippen LogP contribution in [0, 0.1) is 5.92 Å². The summed E-state index contributed by atoms with van der Waals surface area (Å²) in [5.41, 5.74) is 7.03. The number of methoxy groups -OCH3 is 1. The summed E-state index contributed by atoms with van der Waals surface area (Å²) in [6, 6.07) is 8.32. The summed E-state index contributed by atoms with van der Waals surface area (Å²) >= 11 is 0. The molecule has 3 heterocycles. The molecule has 4 rings (SSSR count). The van der Waals surface area contributed by atoms with E-state index in [0.717, 1.165) is 70.8 Å². The number of nitrogens with two attached hydrogens (primary N) is 1. The molecule has 2 aliphatic heterocycles. The molecule has 9 heteroatoms. The largest absolute Gasteiger partial charge is 0.497 e. The van der Waals surface area contributed by atoms with Gasteiger partial charge in [-0.25, -0.2) is 4.63 Å². The van der Waals surface area contributed by atoms with Crippen LogP contribution in [0.25, 0.3) is 0 Å². The van der Waals surface area contributed by atoms with Crippen molar-refractivity contribution in [1.29, 1.82) is 0 Å². The molecule has 162 valence electrons. The molecule has 2 fully saturated rings. The average Bonchev–Trinajstić information content (AvgIpc) is 3.07. The zero-order valence-corrected chi connectivity index (χ0v) is 17.5. The molecule has 0 bridgehead atoms. The number of piperidine rings is 1. The molecule has 0 unspecified atom stereocenters. The third-order valence-electron chi connectivity index (χ3n) is 6.16. The lowest BCUT2D eigenvalue weighted by molar-refractivity contribution is 0.0658. The van der Waals surface area contributed by atoms with Gasteiger partial charge in [-0.15, -0.1) is 0 Å². The molecule has 2 aliphatic rings. The topological polar surface area (TPSA) is 101 Å². The fraction of sp³-hybridized carbons (Fsp3) is 0.571. The van der Waals surface area contributed by atoms with E-state index in [2.05, 4.69) is 36.9 Å². The molecule has 2 aromatic rings. The molecule has 0 atom stereocenters. The predicted octanol–water partition coefficient (Wildman–Crippen LogP) is 1.72. The first-order valence-corrected chi connectivity index (χ1v) is 10.6. The van der Waals surface area contributed by atoms with Gasteiger partial charge < -0.3 is 25.2 Å². The van der Waals surface area contributed by atoms with E-state index in [9.17, 15) is 4.79 Å². The zero-order chi connectivity index (χ0) is 20.9. The first kappa shape index (κ1) is 20.5. The first-order valence-electron chi connectivity index (χ1n) is 10.6. The van der Waals surface area contributed by atoms with Gasteiger partial charge in [-0.1, -0.05) is 0 Å². The molecule has 0 radical (unpaired) electrons. The Morgan fingerprint density at radius 2 is 1.87 bits per heavy atom. The highest BCUT2D eigenvalue weighted by molar-refractivity contribution is 5.96. The van der Waals surface area contributed by atoms with Gasteiger partial charge >= 0.3 is 0 Å². The standard InChI is InChI=1S/C21H30N6O3/c1-29-18-5-3-17(4-6-18)26-10-2-9-25(13-14-26)15-16-7-11-27(12-8-16)21(28)19-20(22)24-30-23-19/h3-6,16H,2,7-15H2,1H3,(H2,22,24). The number of benzene rings is 1. The van der Waals surface area contributed by atoms with E-state index >= 15 is 0 Å². The highest BCUT2D eigenvalue weighted by Gasteiger charge is 2.28. The van der Waals surface area contributed by atoms with Crippen LogP contribution in [-0.4, -0.2) is 78.9 Å². The first-order chi connectivity index (χ1) is 14.6. The van der Waals surface area contributed by atoms with E-state index in [0.29, 0.717) is 5.92 Å². The second-order valence-electron chi connectivity index (χ2n) is 8.07. The molecule has 0 aliphatic carbocycles. The van der Waals surface area contributed by atoms with Crippen LogP contribution in [-0.2, 0) is 0 Å². The maximum Gasteiger partial charge on any atom is 0.280 e. The Morgan fingerprint density at radius 1 is 1.10 bits per heavy atom. The molecular formula is C21H30N6O3. The highest BCUT2D eigenvalue weighted by atomic mass is 16.6. The monoisotopic (exact) mass is 414 g/mol. The van der Waals surface area contributed by atoms with Gasteiger partial charge in [0.2, 0.25) is 11.5 Å². The van der Waals surface area contributed by atoms with Gasteiger partial charge in [0.1, 0.15) is 5.75 Å². The molecule has 30 heavy (non-hydrogen) atoms. The zero-order valence-electron chi connectivity index (χ0n) is 17.5. The average molecular weight is 415 g/mol. The van der Waals surface area contributed by atoms with Gasteiger partial charge in [0.15, 0.2) is 0 Å². The Hall–Kier alpha value is -2.81. The van der Waals surface area contributed by atoms with Crippen LogP contribution in [0.3, 0.4) is 0 Å². The number of amides is 1. The van der Waals surface area contributed by atoms with Crippen molar-refractivity contribution in [2.75, 3.05) is 63.6 Å². The fourth-order valence-corrected chi connectivity index (χ4v) is 4.38. The number of nitrogens with zero attached hydrogens (tertiary/aromatic N) is 5. The second kappa shape index (κ2) is 9.34. The van der Waals surface area contributed by atoms with Crippen LogP contribution in [0.15, 0.2) is 28.9 Å². The number of ether oxygens (including phenoxy) is 1. The van der Waals surface area contributed by atoms with Crippen LogP contribution >= 0.6 is 0 Å². The van der Waals surface area contributed by atoms with Crippen molar-refractivity contribution in [1.82, 2.24) is 20.1 Å². The Labute approximate surface area is 176 Å². The van der Waals surface area contributed by atoms with Crippen LogP contribution in [0.4, 0.5) is 11.5 Å². The number of carbonyl (C=O) groups is 1. The van der Waals surface area contributed by atoms with Gasteiger partial charge in [-0.3, -0.25) is 4.79 Å². The molecule has 2 saturated heterocycles. The Morgan fingerprint density at radius 3 is 2.53 bits per heavy atom. The van der Waals surface area contributed by atoms with Crippen molar-refractivity contribution < 1.29 is 14.2 Å². The summed E-state index contributed by atoms with van der Waals surface area (Å²) in [6.07, 6.45) is 3.15. The van der Waals surface area contributed by atoms with E-state index < -0.39 is 0 Å². The second-order valence-corrected chi connectivity index (χ2v) is 8.07. The van der Waals surface area contributed by atoms with Gasteiger partial charge in [0.05, 0.1) is 7.11 Å². The molecule has 2 N–H and O–H groups in total. The number of rotatable bonds is 5. The van der Waals surface area contributed by atoms with Crippen LogP contribution in [0.2, 0.25) is 0 Å². The molecular weight excluding hydrogens is 384 g/mol. The number of likely N-dealkylation sites (tertiary alicyclic amines) is 1. The number of nitrogen functional groups attached to an aromatic ring is 1. The number of hydrogen-bond donors (Lipinski definition) is 1. The number of hydrogen-bond acceptors (Lipinski definition) is 8. The summed E-state index contributed by atoms with van der Waals surface area (Å²) in [7, 11) is 1.69. The van der Waals surface area contributed by atoms with E-state index in [1.165, 1.54) is 5.69 Å². The predicted molar refractivity (Wildman–Crippen MR) is 114 cm³/mol. The minimum Gasteiger partial charge on any atom is -0.497 e. The van der Waals surface area contributed by atoms with Crippen molar-refractivity contribution in [3.8, 4) is 5.75 Å². The fourth-order valence-electron chi connectivity index (χ4n) is 4.38. The Kier molecular flexibility index (Phi) is 6.37. The van der Waals surface area contributed by atoms with Crippen LogP contribution in [0.5, 0.6) is 5.75 Å². The lowest BCUT2D eigenvalue weighted by atomic mass is 9.96. The quantitative estimate of drug-likeness (QED) is 0.789. The summed E-state index contributed by atoms with van der Waals surface area (Å²) in [4.78, 5) is 19.3. The van der Waals surface area contributed by atoms with Crippen LogP contribution < -0.4 is 15.4 Å². The summed E-state index contributed by atoms with van der Waals surface area (Å²) in [5, 5.41) is 7.13. The minimum atomic E-state index is -0.183. The van der Waals surface area contributed by atoms with Gasteiger partial charge in [-0.2, -0.15) is 0 Å². The maximum absolute atomic E-state index is 12.5. The van der Waals surface area contributed by atoms with Crippen molar-refractivity contribution in [3.05, 3.63) is 30.0 Å². The van der Waals surface area contributed by atoms with Gasteiger partial charge in [0, 0.05) is 45.0 Å². The Balaban J connectivity index is 1.24. The van der Waals surface area contributed by atoms with E-state index in [-0.39, 0.29) is 17.4 Å². The van der Waals surface area contributed by atoms with Gasteiger partial charge in [0.25, 0.3) is 5.91 Å². The number of carbonyl (C=O) groups excluding carboxylic acids is 1. The van der Waals surface area contributed by atoms with E-state index in [1.807, 2.05) is 12.1 Å². The SMILES string of the molecule is COc1ccc(N2CCCN(CC3CCN(C(=O)c4nonc4N)CC3)CC2)cc1. The van der Waals surface area contributed by atoms with Crippen molar-refractivity contribution in [3.63, 3.8) is 0 Å². The maximum atomic E-state index is 12.5. The van der Waals surface area contributed by atoms with Crippen molar-refractivity contribution in [2.45, 2.75) is 19.3 Å². The number of aromatic nitrogens is 2. The highest BCUT2D eigenvalue weighted by Crippen LogP contribution is 2.23. The third-order valence-corrected chi connectivity index (χ3v) is 6.16. The smallest absolute Gasteiger partial charge is 0.280 e. The molecule has 1 aromatic carbocycles. The third kappa shape index (κ3) is 4.67. The normalized spacial score (nSPS) is 19.0. The molecule has 0 spiro atoms. The van der Waals surface area contributed by atoms with Crippen molar-refractivity contribution in [2.24, 2.45) is 5.92 Å². The molecule has 1 aromatic heterocycles. The summed E-state index contributed by atoms with van der Waals surface area (Å²) in [6.45, 7) is 6.82. The lowest BCUT2D eigenvalue weighted by Gasteiger charge is -2.34. The molecule has 0 saturated carbocycles. The lowest BCUT2D eigenvalue weighted by Crippen LogP contribution is -2.42. The molecule has 9 nitrogen and oxygen atoms in total. The van der Waals surface area contributed by atoms with Crippen molar-refractivity contribution >= 4 is 17.4 Å². The molecule has 1 amide bonds.